The lowest BCUT2D eigenvalue weighted by Crippen LogP contribution is -2.42. The Balaban J connectivity index is 1.61. The van der Waals surface area contributed by atoms with Crippen LogP contribution in [0.5, 0.6) is 0 Å². The average Bonchev–Trinajstić information content (AvgIpc) is 3.33. The van der Waals surface area contributed by atoms with E-state index in [0.29, 0.717) is 17.9 Å². The largest absolute Gasteiger partial charge is 0.269 e. The van der Waals surface area contributed by atoms with Crippen molar-refractivity contribution in [3.05, 3.63) is 118 Å². The molecule has 0 spiro atoms. The minimum Gasteiger partial charge on any atom is -0.269 e. The van der Waals surface area contributed by atoms with Crippen molar-refractivity contribution in [2.75, 3.05) is 4.90 Å². The van der Waals surface area contributed by atoms with Gasteiger partial charge in [0.15, 0.2) is 0 Å². The van der Waals surface area contributed by atoms with E-state index in [1.165, 1.54) is 30.6 Å². The highest BCUT2D eigenvalue weighted by atomic mass is 16.6. The molecule has 1 amide bonds. The summed E-state index contributed by atoms with van der Waals surface area (Å²) in [5.74, 6) is 0.164. The summed E-state index contributed by atoms with van der Waals surface area (Å²) in [4.78, 5) is 30.2. The second-order valence-electron chi connectivity index (χ2n) is 7.57. The van der Waals surface area contributed by atoms with E-state index in [9.17, 15) is 14.9 Å². The molecule has 0 aliphatic carbocycles. The number of fused-ring (bicyclic) bond motifs is 1. The minimum absolute atomic E-state index is 0.0629. The molecule has 0 unspecified atom stereocenters. The lowest BCUT2D eigenvalue weighted by Gasteiger charge is -2.39. The predicted molar refractivity (Wildman–Crippen MR) is 118 cm³/mol. The number of aromatic nitrogens is 3. The summed E-state index contributed by atoms with van der Waals surface area (Å²) in [6, 6.07) is 25.1. The number of amides is 1. The standard InChI is InChI=1S/C24H19N5O3/c30-23(19-11-13-20(14-12-19)29(31)32)27-21(17-7-3-1-4-8-17)15-22(18-9-5-2-6-10-18)28-24(27)25-16-26-28/h1-14,16,21-22H,15H2/t21-,22-/m0/s1. The summed E-state index contributed by atoms with van der Waals surface area (Å²) in [6.45, 7) is 0. The van der Waals surface area contributed by atoms with Gasteiger partial charge in [0, 0.05) is 17.7 Å². The lowest BCUT2D eigenvalue weighted by molar-refractivity contribution is -0.384. The van der Waals surface area contributed by atoms with Crippen LogP contribution in [0.1, 0.15) is 40.0 Å². The predicted octanol–water partition coefficient (Wildman–Crippen LogP) is 4.57. The molecule has 1 aromatic heterocycles. The molecular weight excluding hydrogens is 406 g/mol. The van der Waals surface area contributed by atoms with E-state index < -0.39 is 4.92 Å². The summed E-state index contributed by atoms with van der Waals surface area (Å²) >= 11 is 0. The van der Waals surface area contributed by atoms with Gasteiger partial charge in [0.25, 0.3) is 11.6 Å². The number of anilines is 1. The quantitative estimate of drug-likeness (QED) is 0.353. The van der Waals surface area contributed by atoms with Crippen LogP contribution in [0, 0.1) is 10.1 Å². The fourth-order valence-electron chi connectivity index (χ4n) is 4.20. The normalized spacial score (nSPS) is 17.6. The molecule has 0 radical (unpaired) electrons. The summed E-state index contributed by atoms with van der Waals surface area (Å²) < 4.78 is 1.78. The highest BCUT2D eigenvalue weighted by molar-refractivity contribution is 6.06. The monoisotopic (exact) mass is 425 g/mol. The van der Waals surface area contributed by atoms with E-state index in [4.69, 9.17) is 0 Å². The fraction of sp³-hybridized carbons (Fsp3) is 0.125. The van der Waals surface area contributed by atoms with Gasteiger partial charge in [-0.25, -0.2) is 4.68 Å². The van der Waals surface area contributed by atoms with Gasteiger partial charge in [-0.2, -0.15) is 10.1 Å². The van der Waals surface area contributed by atoms with Crippen molar-refractivity contribution < 1.29 is 9.72 Å². The van der Waals surface area contributed by atoms with E-state index in [0.717, 1.165) is 11.1 Å². The van der Waals surface area contributed by atoms with E-state index in [-0.39, 0.29) is 23.7 Å². The molecule has 8 heteroatoms. The summed E-state index contributed by atoms with van der Waals surface area (Å²) in [5, 5.41) is 15.4. The van der Waals surface area contributed by atoms with Gasteiger partial charge in [0.2, 0.25) is 5.95 Å². The molecule has 5 rings (SSSR count). The maximum Gasteiger partial charge on any atom is 0.269 e. The van der Waals surface area contributed by atoms with E-state index >= 15 is 0 Å². The van der Waals surface area contributed by atoms with Crippen LogP contribution < -0.4 is 4.90 Å². The van der Waals surface area contributed by atoms with E-state index in [2.05, 4.69) is 10.1 Å². The molecule has 3 aromatic carbocycles. The first-order chi connectivity index (χ1) is 15.6. The van der Waals surface area contributed by atoms with Crippen molar-refractivity contribution in [1.82, 2.24) is 14.8 Å². The number of non-ortho nitro benzene ring substituents is 1. The smallest absolute Gasteiger partial charge is 0.269 e. The van der Waals surface area contributed by atoms with Crippen LogP contribution in [0.15, 0.2) is 91.3 Å². The van der Waals surface area contributed by atoms with Crippen molar-refractivity contribution in [2.24, 2.45) is 0 Å². The molecule has 0 fully saturated rings. The molecule has 1 aliphatic rings. The van der Waals surface area contributed by atoms with Crippen molar-refractivity contribution >= 4 is 17.5 Å². The second kappa shape index (κ2) is 8.07. The number of nitrogens with zero attached hydrogens (tertiary/aromatic N) is 5. The Labute approximate surface area is 183 Å². The lowest BCUT2D eigenvalue weighted by atomic mass is 9.91. The van der Waals surface area contributed by atoms with Crippen LogP contribution in [-0.4, -0.2) is 25.6 Å². The Morgan fingerprint density at radius 2 is 1.47 bits per heavy atom. The number of hydrogen-bond acceptors (Lipinski definition) is 5. The van der Waals surface area contributed by atoms with Crippen LogP contribution in [-0.2, 0) is 0 Å². The van der Waals surface area contributed by atoms with Crippen molar-refractivity contribution in [1.29, 1.82) is 0 Å². The van der Waals surface area contributed by atoms with E-state index in [1.807, 2.05) is 60.7 Å². The summed E-state index contributed by atoms with van der Waals surface area (Å²) in [7, 11) is 0. The number of carbonyl (C=O) groups is 1. The van der Waals surface area contributed by atoms with Gasteiger partial charge in [-0.15, -0.1) is 0 Å². The molecule has 8 nitrogen and oxygen atoms in total. The molecule has 0 saturated carbocycles. The van der Waals surface area contributed by atoms with Crippen molar-refractivity contribution in [3.63, 3.8) is 0 Å². The van der Waals surface area contributed by atoms with Crippen molar-refractivity contribution in [3.8, 4) is 0 Å². The van der Waals surface area contributed by atoms with E-state index in [1.54, 1.807) is 9.58 Å². The molecule has 0 bridgehead atoms. The SMILES string of the molecule is O=C(c1ccc([N+](=O)[O-])cc1)N1c2ncnn2[C@H](c2ccccc2)C[C@H]1c1ccccc1. The van der Waals surface area contributed by atoms with Gasteiger partial charge in [0.05, 0.1) is 17.0 Å². The maximum atomic E-state index is 13.6. The zero-order valence-corrected chi connectivity index (χ0v) is 17.0. The molecule has 1 aliphatic heterocycles. The second-order valence-corrected chi connectivity index (χ2v) is 7.57. The first-order valence-electron chi connectivity index (χ1n) is 10.2. The highest BCUT2D eigenvalue weighted by Gasteiger charge is 2.39. The molecular formula is C24H19N5O3. The molecule has 2 atom stereocenters. The average molecular weight is 425 g/mol. The summed E-state index contributed by atoms with van der Waals surface area (Å²) in [5.41, 5.74) is 2.36. The van der Waals surface area contributed by atoms with Crippen LogP contribution in [0.3, 0.4) is 0 Å². The molecule has 4 aromatic rings. The number of nitro benzene ring substituents is 1. The first-order valence-corrected chi connectivity index (χ1v) is 10.2. The van der Waals surface area contributed by atoms with Crippen molar-refractivity contribution in [2.45, 2.75) is 18.5 Å². The van der Waals surface area contributed by atoms with Crippen LogP contribution in [0.4, 0.5) is 11.6 Å². The van der Waals surface area contributed by atoms with Gasteiger partial charge >= 0.3 is 0 Å². The van der Waals surface area contributed by atoms with Gasteiger partial charge in [-0.1, -0.05) is 60.7 Å². The number of carbonyl (C=O) groups excluding carboxylic acids is 1. The first kappa shape index (κ1) is 19.6. The third kappa shape index (κ3) is 3.41. The molecule has 158 valence electrons. The third-order valence-corrected chi connectivity index (χ3v) is 5.74. The molecule has 32 heavy (non-hydrogen) atoms. The Morgan fingerprint density at radius 3 is 2.06 bits per heavy atom. The molecule has 0 N–H and O–H groups in total. The maximum absolute atomic E-state index is 13.6. The topological polar surface area (TPSA) is 94.2 Å². The molecule has 0 saturated heterocycles. The Bertz CT molecular complexity index is 1260. The minimum atomic E-state index is -0.483. The van der Waals surface area contributed by atoms with Gasteiger partial charge in [-0.3, -0.25) is 19.8 Å². The van der Waals surface area contributed by atoms with Gasteiger partial charge in [0.1, 0.15) is 6.33 Å². The van der Waals surface area contributed by atoms with Crippen LogP contribution >= 0.6 is 0 Å². The highest BCUT2D eigenvalue weighted by Crippen LogP contribution is 2.42. The zero-order valence-electron chi connectivity index (χ0n) is 17.0. The third-order valence-electron chi connectivity index (χ3n) is 5.74. The van der Waals surface area contributed by atoms with Crippen LogP contribution in [0.25, 0.3) is 0 Å². The number of rotatable bonds is 4. The van der Waals surface area contributed by atoms with Gasteiger partial charge < -0.3 is 0 Å². The summed E-state index contributed by atoms with van der Waals surface area (Å²) in [6.07, 6.45) is 2.07. The number of hydrogen-bond donors (Lipinski definition) is 0. The fourth-order valence-corrected chi connectivity index (χ4v) is 4.20. The Kier molecular flexibility index (Phi) is 4.95. The number of nitro groups is 1. The van der Waals surface area contributed by atoms with Crippen LogP contribution in [0.2, 0.25) is 0 Å². The molecule has 2 heterocycles. The Hall–Kier alpha value is -4.33. The Morgan fingerprint density at radius 1 is 0.875 bits per heavy atom. The number of benzene rings is 3. The van der Waals surface area contributed by atoms with Gasteiger partial charge in [-0.05, 0) is 29.7 Å². The zero-order chi connectivity index (χ0) is 22.1.